The molecule has 0 bridgehead atoms. The van der Waals surface area contributed by atoms with Crippen molar-refractivity contribution in [2.24, 2.45) is 5.73 Å². The molecule has 0 unspecified atom stereocenters. The van der Waals surface area contributed by atoms with E-state index in [2.05, 4.69) is 10.3 Å². The average molecular weight is 251 g/mol. The number of ether oxygens (including phenoxy) is 1. The van der Waals surface area contributed by atoms with E-state index in [0.717, 1.165) is 16.0 Å². The number of benzene rings is 1. The van der Waals surface area contributed by atoms with Gasteiger partial charge < -0.3 is 15.8 Å². The van der Waals surface area contributed by atoms with Crippen molar-refractivity contribution < 1.29 is 9.53 Å². The number of amides is 1. The molecule has 90 valence electrons. The summed E-state index contributed by atoms with van der Waals surface area (Å²) in [6, 6.07) is 5.53. The van der Waals surface area contributed by atoms with Gasteiger partial charge in [0.05, 0.1) is 17.3 Å². The highest BCUT2D eigenvalue weighted by atomic mass is 32.1. The molecule has 0 aliphatic heterocycles. The number of methoxy groups -OCH3 is 1. The molecule has 0 spiro atoms. The van der Waals surface area contributed by atoms with Crippen LogP contribution in [0.3, 0.4) is 0 Å². The molecule has 6 heteroatoms. The lowest BCUT2D eigenvalue weighted by molar-refractivity contribution is 0.0954. The summed E-state index contributed by atoms with van der Waals surface area (Å²) in [6.07, 6.45) is 0. The summed E-state index contributed by atoms with van der Waals surface area (Å²) in [5.74, 6) is 0.575. The molecule has 2 aromatic rings. The predicted octanol–water partition coefficient (Wildman–Crippen LogP) is 0.993. The Labute approximate surface area is 103 Å². The molecule has 0 aliphatic rings. The van der Waals surface area contributed by atoms with E-state index in [1.165, 1.54) is 11.3 Å². The third-order valence-corrected chi connectivity index (χ3v) is 3.24. The van der Waals surface area contributed by atoms with E-state index in [1.54, 1.807) is 7.11 Å². The van der Waals surface area contributed by atoms with Crippen molar-refractivity contribution in [1.82, 2.24) is 10.3 Å². The molecule has 1 amide bonds. The number of nitrogens with zero attached hydrogens (tertiary/aromatic N) is 1. The first kappa shape index (κ1) is 11.8. The van der Waals surface area contributed by atoms with Crippen molar-refractivity contribution in [1.29, 1.82) is 0 Å². The maximum atomic E-state index is 11.7. The first-order valence-corrected chi connectivity index (χ1v) is 5.99. The van der Waals surface area contributed by atoms with Crippen LogP contribution in [0, 0.1) is 0 Å². The minimum absolute atomic E-state index is 0.185. The van der Waals surface area contributed by atoms with Gasteiger partial charge in [0, 0.05) is 13.1 Å². The molecule has 0 fully saturated rings. The summed E-state index contributed by atoms with van der Waals surface area (Å²) in [6.45, 7) is 0.878. The molecule has 0 radical (unpaired) electrons. The number of thiazole rings is 1. The minimum atomic E-state index is -0.185. The normalized spacial score (nSPS) is 10.5. The Balaban J connectivity index is 2.28. The largest absolute Gasteiger partial charge is 0.497 e. The van der Waals surface area contributed by atoms with Gasteiger partial charge >= 0.3 is 0 Å². The quantitative estimate of drug-likeness (QED) is 0.849. The van der Waals surface area contributed by atoms with Crippen molar-refractivity contribution in [2.45, 2.75) is 0 Å². The van der Waals surface area contributed by atoms with Gasteiger partial charge in [-0.25, -0.2) is 4.98 Å². The summed E-state index contributed by atoms with van der Waals surface area (Å²) in [7, 11) is 1.61. The van der Waals surface area contributed by atoms with Crippen LogP contribution in [-0.2, 0) is 0 Å². The van der Waals surface area contributed by atoms with Crippen LogP contribution >= 0.6 is 11.3 Å². The van der Waals surface area contributed by atoms with Gasteiger partial charge in [-0.1, -0.05) is 0 Å². The Morgan fingerprint density at radius 2 is 2.41 bits per heavy atom. The van der Waals surface area contributed by atoms with E-state index in [9.17, 15) is 4.79 Å². The molecule has 0 saturated carbocycles. The number of rotatable bonds is 4. The van der Waals surface area contributed by atoms with Gasteiger partial charge in [0.2, 0.25) is 0 Å². The predicted molar refractivity (Wildman–Crippen MR) is 67.6 cm³/mol. The van der Waals surface area contributed by atoms with Gasteiger partial charge in [-0.3, -0.25) is 4.79 Å². The van der Waals surface area contributed by atoms with Crippen LogP contribution < -0.4 is 15.8 Å². The lowest BCUT2D eigenvalue weighted by Gasteiger charge is -1.97. The highest BCUT2D eigenvalue weighted by Gasteiger charge is 2.11. The maximum absolute atomic E-state index is 11.7. The Morgan fingerprint density at radius 3 is 3.12 bits per heavy atom. The van der Waals surface area contributed by atoms with Gasteiger partial charge in [-0.15, -0.1) is 11.3 Å². The van der Waals surface area contributed by atoms with Crippen LogP contribution in [0.4, 0.5) is 0 Å². The number of carbonyl (C=O) groups is 1. The van der Waals surface area contributed by atoms with Gasteiger partial charge in [0.15, 0.2) is 5.01 Å². The van der Waals surface area contributed by atoms with Crippen molar-refractivity contribution in [2.75, 3.05) is 20.2 Å². The van der Waals surface area contributed by atoms with Gasteiger partial charge in [-0.05, 0) is 18.2 Å². The molecule has 5 nitrogen and oxygen atoms in total. The Kier molecular flexibility index (Phi) is 3.55. The van der Waals surface area contributed by atoms with Crippen LogP contribution in [0.25, 0.3) is 10.2 Å². The fraction of sp³-hybridized carbons (Fsp3) is 0.273. The molecule has 0 saturated heterocycles. The summed E-state index contributed by atoms with van der Waals surface area (Å²) in [5, 5.41) is 3.14. The first-order valence-electron chi connectivity index (χ1n) is 5.17. The maximum Gasteiger partial charge on any atom is 0.280 e. The van der Waals surface area contributed by atoms with Gasteiger partial charge in [0.1, 0.15) is 5.75 Å². The van der Waals surface area contributed by atoms with Crippen LogP contribution in [0.2, 0.25) is 0 Å². The van der Waals surface area contributed by atoms with Gasteiger partial charge in [-0.2, -0.15) is 0 Å². The number of nitrogens with one attached hydrogen (secondary N) is 1. The summed E-state index contributed by atoms with van der Waals surface area (Å²) in [5.41, 5.74) is 6.12. The number of aromatic nitrogens is 1. The lowest BCUT2D eigenvalue weighted by Crippen LogP contribution is -2.28. The molecule has 3 N–H and O–H groups in total. The van der Waals surface area contributed by atoms with E-state index >= 15 is 0 Å². The smallest absolute Gasteiger partial charge is 0.280 e. The molecular formula is C11H13N3O2S. The summed E-state index contributed by atoms with van der Waals surface area (Å²) >= 11 is 1.34. The third-order valence-electron chi connectivity index (χ3n) is 2.22. The third kappa shape index (κ3) is 2.54. The summed E-state index contributed by atoms with van der Waals surface area (Å²) in [4.78, 5) is 15.9. The SMILES string of the molecule is COc1ccc2nc(C(=O)NCCN)sc2c1. The Hall–Kier alpha value is -1.66. The molecule has 0 atom stereocenters. The fourth-order valence-electron chi connectivity index (χ4n) is 1.39. The monoisotopic (exact) mass is 251 g/mol. The van der Waals surface area contributed by atoms with Crippen LogP contribution in [0.15, 0.2) is 18.2 Å². The fourth-order valence-corrected chi connectivity index (χ4v) is 2.30. The van der Waals surface area contributed by atoms with E-state index in [-0.39, 0.29) is 5.91 Å². The lowest BCUT2D eigenvalue weighted by atomic mass is 10.3. The van der Waals surface area contributed by atoms with E-state index in [0.29, 0.717) is 18.1 Å². The zero-order chi connectivity index (χ0) is 12.3. The zero-order valence-corrected chi connectivity index (χ0v) is 10.2. The van der Waals surface area contributed by atoms with Crippen molar-refractivity contribution in [3.63, 3.8) is 0 Å². The van der Waals surface area contributed by atoms with Crippen LogP contribution in [-0.4, -0.2) is 31.1 Å². The number of carbonyl (C=O) groups excluding carboxylic acids is 1. The molecule has 0 aliphatic carbocycles. The molecule has 17 heavy (non-hydrogen) atoms. The zero-order valence-electron chi connectivity index (χ0n) is 9.40. The van der Waals surface area contributed by atoms with Crippen LogP contribution in [0.5, 0.6) is 5.75 Å². The van der Waals surface area contributed by atoms with Crippen molar-refractivity contribution in [3.8, 4) is 5.75 Å². The molecule has 1 aromatic carbocycles. The molecule has 2 rings (SSSR count). The Bertz CT molecular complexity index is 538. The second kappa shape index (κ2) is 5.11. The van der Waals surface area contributed by atoms with Crippen LogP contribution in [0.1, 0.15) is 9.80 Å². The topological polar surface area (TPSA) is 77.2 Å². The molecule has 1 heterocycles. The minimum Gasteiger partial charge on any atom is -0.497 e. The first-order chi connectivity index (χ1) is 8.24. The van der Waals surface area contributed by atoms with Gasteiger partial charge in [0.25, 0.3) is 5.91 Å². The van der Waals surface area contributed by atoms with Crippen molar-refractivity contribution >= 4 is 27.5 Å². The highest BCUT2D eigenvalue weighted by Crippen LogP contribution is 2.26. The van der Waals surface area contributed by atoms with Crippen molar-refractivity contribution in [3.05, 3.63) is 23.2 Å². The second-order valence-electron chi connectivity index (χ2n) is 3.40. The van der Waals surface area contributed by atoms with E-state index in [4.69, 9.17) is 10.5 Å². The number of fused-ring (bicyclic) bond motifs is 1. The summed E-state index contributed by atoms with van der Waals surface area (Å²) < 4.78 is 6.05. The number of hydrogen-bond acceptors (Lipinski definition) is 5. The van der Waals surface area contributed by atoms with E-state index in [1.807, 2.05) is 18.2 Å². The number of hydrogen-bond donors (Lipinski definition) is 2. The standard InChI is InChI=1S/C11H13N3O2S/c1-16-7-2-3-8-9(6-7)17-11(14-8)10(15)13-5-4-12/h2-3,6H,4-5,12H2,1H3,(H,13,15). The Morgan fingerprint density at radius 1 is 1.59 bits per heavy atom. The number of nitrogens with two attached hydrogens (primary N) is 1. The van der Waals surface area contributed by atoms with E-state index < -0.39 is 0 Å². The highest BCUT2D eigenvalue weighted by molar-refractivity contribution is 7.20. The average Bonchev–Trinajstić information content (AvgIpc) is 2.78. The second-order valence-corrected chi connectivity index (χ2v) is 4.43. The molecular weight excluding hydrogens is 238 g/mol. The molecule has 1 aromatic heterocycles.